The molecular weight excluding hydrogens is 521 g/mol. The van der Waals surface area contributed by atoms with Gasteiger partial charge >= 0.3 is 0 Å². The minimum absolute atomic E-state index is 0.00950. The van der Waals surface area contributed by atoms with E-state index in [0.717, 1.165) is 64.8 Å². The largest absolute Gasteiger partial charge is 0.356 e. The molecule has 0 spiro atoms. The Hall–Kier alpha value is -0.650. The van der Waals surface area contributed by atoms with E-state index in [1.54, 1.807) is 0 Å². The fourth-order valence-corrected chi connectivity index (χ4v) is 5.14. The summed E-state index contributed by atoms with van der Waals surface area (Å²) < 4.78 is 27.3. The fourth-order valence-electron chi connectivity index (χ4n) is 3.09. The molecule has 1 amide bonds. The smallest absolute Gasteiger partial charge is 0.242 e. The van der Waals surface area contributed by atoms with Crippen LogP contribution in [0.2, 0.25) is 15.1 Å². The van der Waals surface area contributed by atoms with Crippen molar-refractivity contribution in [2.24, 2.45) is 5.73 Å². The van der Waals surface area contributed by atoms with Gasteiger partial charge in [0.1, 0.15) is 4.90 Å². The Labute approximate surface area is 219 Å². The molecule has 196 valence electrons. The van der Waals surface area contributed by atoms with Gasteiger partial charge in [0.25, 0.3) is 0 Å². The van der Waals surface area contributed by atoms with Crippen LogP contribution in [0.1, 0.15) is 51.4 Å². The summed E-state index contributed by atoms with van der Waals surface area (Å²) in [7, 11) is -3.78. The number of sulfonamides is 1. The maximum atomic E-state index is 12.4. The molecule has 0 aliphatic carbocycles. The van der Waals surface area contributed by atoms with Crippen molar-refractivity contribution in [3.8, 4) is 0 Å². The third-order valence-corrected chi connectivity index (χ3v) is 7.94. The SMILES string of the molecule is NCCCNCCCCNCCCNC(=O)CCCCCNS(=O)(=O)c1ccc(Cl)c(Cl)c1Cl. The predicted octanol–water partition coefficient (Wildman–Crippen LogP) is 3.30. The minimum Gasteiger partial charge on any atom is -0.356 e. The van der Waals surface area contributed by atoms with E-state index in [1.807, 2.05) is 0 Å². The van der Waals surface area contributed by atoms with Gasteiger partial charge in [-0.3, -0.25) is 4.79 Å². The van der Waals surface area contributed by atoms with E-state index in [1.165, 1.54) is 12.1 Å². The summed E-state index contributed by atoms with van der Waals surface area (Å²) in [5.41, 5.74) is 5.44. The van der Waals surface area contributed by atoms with E-state index in [-0.39, 0.29) is 32.4 Å². The zero-order valence-electron chi connectivity index (χ0n) is 19.6. The molecule has 34 heavy (non-hydrogen) atoms. The summed E-state index contributed by atoms with van der Waals surface area (Å²) in [6.07, 6.45) is 6.62. The Bertz CT molecular complexity index is 828. The van der Waals surface area contributed by atoms with E-state index in [9.17, 15) is 13.2 Å². The van der Waals surface area contributed by atoms with Crippen molar-refractivity contribution in [1.29, 1.82) is 0 Å². The zero-order valence-corrected chi connectivity index (χ0v) is 22.7. The third-order valence-electron chi connectivity index (χ3n) is 5.03. The van der Waals surface area contributed by atoms with Gasteiger partial charge in [0.15, 0.2) is 0 Å². The summed E-state index contributed by atoms with van der Waals surface area (Å²) >= 11 is 17.8. The van der Waals surface area contributed by atoms with Gasteiger partial charge in [0, 0.05) is 19.5 Å². The molecule has 0 saturated carbocycles. The van der Waals surface area contributed by atoms with Crippen LogP contribution in [0.4, 0.5) is 0 Å². The maximum Gasteiger partial charge on any atom is 0.242 e. The summed E-state index contributed by atoms with van der Waals surface area (Å²) in [6.45, 7) is 5.49. The molecule has 0 radical (unpaired) electrons. The highest BCUT2D eigenvalue weighted by Crippen LogP contribution is 2.34. The second-order valence-corrected chi connectivity index (χ2v) is 10.8. The summed E-state index contributed by atoms with van der Waals surface area (Å²) in [6, 6.07) is 2.71. The second kappa shape index (κ2) is 18.6. The quantitative estimate of drug-likeness (QED) is 0.124. The van der Waals surface area contributed by atoms with E-state index < -0.39 is 10.0 Å². The molecule has 0 saturated heterocycles. The van der Waals surface area contributed by atoms with Gasteiger partial charge in [-0.1, -0.05) is 41.2 Å². The number of unbranched alkanes of at least 4 members (excludes halogenated alkanes) is 3. The summed E-state index contributed by atoms with van der Waals surface area (Å²) in [5.74, 6) is 0.0201. The summed E-state index contributed by atoms with van der Waals surface area (Å²) in [5, 5.41) is 9.76. The van der Waals surface area contributed by atoms with Crippen LogP contribution in [0.3, 0.4) is 0 Å². The molecule has 0 fully saturated rings. The van der Waals surface area contributed by atoms with E-state index in [4.69, 9.17) is 40.5 Å². The molecule has 12 heteroatoms. The molecule has 0 bridgehead atoms. The second-order valence-electron chi connectivity index (χ2n) is 7.93. The molecule has 0 aliphatic heterocycles. The molecule has 1 aromatic rings. The van der Waals surface area contributed by atoms with Gasteiger partial charge in [-0.25, -0.2) is 13.1 Å². The molecule has 0 aromatic heterocycles. The lowest BCUT2D eigenvalue weighted by atomic mass is 10.2. The van der Waals surface area contributed by atoms with Crippen LogP contribution >= 0.6 is 34.8 Å². The molecule has 1 rings (SSSR count). The first kappa shape index (κ1) is 31.4. The Kier molecular flexibility index (Phi) is 17.2. The average Bonchev–Trinajstić information content (AvgIpc) is 2.80. The number of benzene rings is 1. The van der Waals surface area contributed by atoms with Gasteiger partial charge < -0.3 is 21.7 Å². The highest BCUT2D eigenvalue weighted by atomic mass is 35.5. The van der Waals surface area contributed by atoms with Gasteiger partial charge in [0.2, 0.25) is 15.9 Å². The Morgan fingerprint density at radius 3 is 2.06 bits per heavy atom. The summed E-state index contributed by atoms with van der Waals surface area (Å²) in [4.78, 5) is 11.8. The molecule has 0 unspecified atom stereocenters. The van der Waals surface area contributed by atoms with Crippen LogP contribution in [0.25, 0.3) is 0 Å². The number of rotatable bonds is 20. The molecule has 0 heterocycles. The number of hydrogen-bond donors (Lipinski definition) is 5. The van der Waals surface area contributed by atoms with Crippen molar-refractivity contribution < 1.29 is 13.2 Å². The standard InChI is InChI=1S/C22H38Cl3N5O3S/c23-18-9-10-19(22(25)21(18)24)34(32,33)30-17-3-1-2-8-20(31)29-16-7-15-28-13-5-4-12-27-14-6-11-26/h9-10,27-28,30H,1-8,11-17,26H2,(H,29,31). The van der Waals surface area contributed by atoms with Crippen molar-refractivity contribution in [3.63, 3.8) is 0 Å². The van der Waals surface area contributed by atoms with Crippen LogP contribution < -0.4 is 26.4 Å². The molecule has 0 atom stereocenters. The van der Waals surface area contributed by atoms with Gasteiger partial charge in [-0.15, -0.1) is 0 Å². The predicted molar refractivity (Wildman–Crippen MR) is 141 cm³/mol. The highest BCUT2D eigenvalue weighted by molar-refractivity contribution is 7.89. The maximum absolute atomic E-state index is 12.4. The van der Waals surface area contributed by atoms with Crippen LogP contribution in [0.5, 0.6) is 0 Å². The van der Waals surface area contributed by atoms with Crippen molar-refractivity contribution >= 4 is 50.7 Å². The number of carbonyl (C=O) groups is 1. The first-order chi connectivity index (χ1) is 16.3. The lowest BCUT2D eigenvalue weighted by Gasteiger charge is -2.10. The van der Waals surface area contributed by atoms with Crippen molar-refractivity contribution in [1.82, 2.24) is 20.7 Å². The molecule has 1 aromatic carbocycles. The van der Waals surface area contributed by atoms with E-state index in [2.05, 4.69) is 20.7 Å². The Morgan fingerprint density at radius 1 is 0.765 bits per heavy atom. The lowest BCUT2D eigenvalue weighted by Crippen LogP contribution is -2.28. The highest BCUT2D eigenvalue weighted by Gasteiger charge is 2.20. The number of hydrogen-bond acceptors (Lipinski definition) is 6. The number of amides is 1. The monoisotopic (exact) mass is 557 g/mol. The zero-order chi connectivity index (χ0) is 25.2. The molecule has 0 aliphatic rings. The fraction of sp³-hybridized carbons (Fsp3) is 0.682. The van der Waals surface area contributed by atoms with Crippen LogP contribution in [-0.4, -0.2) is 60.1 Å². The average molecular weight is 559 g/mol. The van der Waals surface area contributed by atoms with Crippen molar-refractivity contribution in [3.05, 3.63) is 27.2 Å². The number of nitrogens with one attached hydrogen (secondary N) is 4. The molecule has 8 nitrogen and oxygen atoms in total. The third kappa shape index (κ3) is 13.4. The Morgan fingerprint density at radius 2 is 1.38 bits per heavy atom. The topological polar surface area (TPSA) is 125 Å². The van der Waals surface area contributed by atoms with Crippen molar-refractivity contribution in [2.45, 2.75) is 56.3 Å². The first-order valence-electron chi connectivity index (χ1n) is 11.8. The van der Waals surface area contributed by atoms with E-state index in [0.29, 0.717) is 25.8 Å². The lowest BCUT2D eigenvalue weighted by molar-refractivity contribution is -0.121. The van der Waals surface area contributed by atoms with Gasteiger partial charge in [-0.2, -0.15) is 0 Å². The van der Waals surface area contributed by atoms with Crippen LogP contribution in [-0.2, 0) is 14.8 Å². The number of carbonyl (C=O) groups excluding carboxylic acids is 1. The normalized spacial score (nSPS) is 11.6. The Balaban J connectivity index is 2.00. The van der Waals surface area contributed by atoms with Crippen molar-refractivity contribution in [2.75, 3.05) is 45.8 Å². The van der Waals surface area contributed by atoms with Gasteiger partial charge in [0.05, 0.1) is 15.1 Å². The first-order valence-corrected chi connectivity index (χ1v) is 14.4. The number of nitrogens with two attached hydrogens (primary N) is 1. The number of halogens is 3. The molecular formula is C22H38Cl3N5O3S. The van der Waals surface area contributed by atoms with Gasteiger partial charge in [-0.05, 0) is 83.4 Å². The van der Waals surface area contributed by atoms with Crippen LogP contribution in [0, 0.1) is 0 Å². The van der Waals surface area contributed by atoms with Crippen LogP contribution in [0.15, 0.2) is 17.0 Å². The molecule has 6 N–H and O–H groups in total. The minimum atomic E-state index is -3.78. The van der Waals surface area contributed by atoms with E-state index >= 15 is 0 Å².